The molecule has 2 N–H and O–H groups in total. The fourth-order valence-electron chi connectivity index (χ4n) is 8.48. The molecule has 0 bridgehead atoms. The van der Waals surface area contributed by atoms with Crippen molar-refractivity contribution in [3.8, 4) is 11.1 Å². The Labute approximate surface area is 322 Å². The quantitative estimate of drug-likeness (QED) is 0.312. The molecule has 0 radical (unpaired) electrons. The van der Waals surface area contributed by atoms with E-state index in [1.807, 2.05) is 42.5 Å². The van der Waals surface area contributed by atoms with Crippen LogP contribution in [0.3, 0.4) is 0 Å². The van der Waals surface area contributed by atoms with Crippen molar-refractivity contribution in [1.29, 1.82) is 0 Å². The summed E-state index contributed by atoms with van der Waals surface area (Å²) in [6.07, 6.45) is 11.5. The van der Waals surface area contributed by atoms with Crippen molar-refractivity contribution in [2.45, 2.75) is 101 Å². The summed E-state index contributed by atoms with van der Waals surface area (Å²) in [5, 5.41) is 2.32. The summed E-state index contributed by atoms with van der Waals surface area (Å²) in [5.74, 6) is -4.33. The molecule has 2 aromatic rings. The Balaban J connectivity index is 1.18. The molecule has 0 unspecified atom stereocenters. The van der Waals surface area contributed by atoms with Crippen molar-refractivity contribution in [2.75, 3.05) is 19.6 Å². The van der Waals surface area contributed by atoms with E-state index in [9.17, 15) is 32.4 Å². The number of amides is 4. The molecule has 5 aliphatic rings. The van der Waals surface area contributed by atoms with Crippen molar-refractivity contribution in [2.24, 2.45) is 23.7 Å². The summed E-state index contributed by atoms with van der Waals surface area (Å²) in [7, 11) is -3.90. The van der Waals surface area contributed by atoms with E-state index in [1.54, 1.807) is 42.8 Å². The van der Waals surface area contributed by atoms with Crippen molar-refractivity contribution in [3.05, 3.63) is 66.5 Å². The van der Waals surface area contributed by atoms with Crippen molar-refractivity contribution in [1.82, 2.24) is 24.8 Å². The highest BCUT2D eigenvalue weighted by atomic mass is 32.2. The SMILES string of the molecule is CC(C)(C)OC(=O)C[C@@H]1CCCCC/C=C\[C@@H]2C[C@@]2(C(=O)NS(=O)(=O)C2CC2)NC(=O)[C@@H]2[C@H]3CN(C(=O)c4cncc(-c5ccccc5)c4)C[C@H]3CN2C1=O. The number of hydrogen-bond acceptors (Lipinski definition) is 9. The van der Waals surface area contributed by atoms with E-state index < -0.39 is 68.0 Å². The molecular formula is C41H51N5O8S. The summed E-state index contributed by atoms with van der Waals surface area (Å²) < 4.78 is 33.7. The van der Waals surface area contributed by atoms with Crippen molar-refractivity contribution >= 4 is 39.6 Å². The lowest BCUT2D eigenvalue weighted by atomic mass is 9.92. The van der Waals surface area contributed by atoms with Crippen LogP contribution in [0, 0.1) is 23.7 Å². The topological polar surface area (TPSA) is 172 Å². The third kappa shape index (κ3) is 8.48. The highest BCUT2D eigenvalue weighted by Gasteiger charge is 2.63. The van der Waals surface area contributed by atoms with Gasteiger partial charge in [-0.2, -0.15) is 0 Å². The first-order valence-electron chi connectivity index (χ1n) is 19.5. The van der Waals surface area contributed by atoms with Gasteiger partial charge in [0.25, 0.3) is 11.8 Å². The number of likely N-dealkylation sites (tertiary alicyclic amines) is 1. The summed E-state index contributed by atoms with van der Waals surface area (Å²) in [5.41, 5.74) is -0.135. The summed E-state index contributed by atoms with van der Waals surface area (Å²) in [4.78, 5) is 77.8. The number of nitrogens with zero attached hydrogens (tertiary/aromatic N) is 3. The van der Waals surface area contributed by atoms with Gasteiger partial charge in [0.1, 0.15) is 17.2 Å². The molecule has 3 aliphatic heterocycles. The number of fused-ring (bicyclic) bond motifs is 4. The third-order valence-corrected chi connectivity index (χ3v) is 13.4. The largest absolute Gasteiger partial charge is 0.460 e. The molecule has 4 fully saturated rings. The number of hydrogen-bond donors (Lipinski definition) is 2. The molecule has 55 heavy (non-hydrogen) atoms. The third-order valence-electron chi connectivity index (χ3n) is 11.5. The van der Waals surface area contributed by atoms with Crippen LogP contribution in [0.2, 0.25) is 0 Å². The second-order valence-electron chi connectivity index (χ2n) is 16.9. The first-order chi connectivity index (χ1) is 26.1. The number of carbonyl (C=O) groups excluding carboxylic acids is 5. The molecule has 1 aromatic heterocycles. The Morgan fingerprint density at radius 1 is 0.982 bits per heavy atom. The fourth-order valence-corrected chi connectivity index (χ4v) is 9.84. The van der Waals surface area contributed by atoms with Gasteiger partial charge in [-0.05, 0) is 70.9 Å². The zero-order valence-corrected chi connectivity index (χ0v) is 32.6. The number of allylic oxidation sites excluding steroid dienone is 1. The van der Waals surface area contributed by atoms with Crippen LogP contribution in [-0.4, -0.2) is 94.9 Å². The van der Waals surface area contributed by atoms with Crippen molar-refractivity contribution in [3.63, 3.8) is 0 Å². The van der Waals surface area contributed by atoms with E-state index in [-0.39, 0.29) is 43.7 Å². The average Bonchev–Trinajstić information content (AvgIpc) is 4.04. The van der Waals surface area contributed by atoms with Crippen LogP contribution in [0.15, 0.2) is 60.9 Å². The van der Waals surface area contributed by atoms with Gasteiger partial charge in [-0.3, -0.25) is 33.7 Å². The Kier molecular flexibility index (Phi) is 10.7. The number of pyridine rings is 1. The number of sulfonamides is 1. The van der Waals surface area contributed by atoms with E-state index in [4.69, 9.17) is 4.74 Å². The monoisotopic (exact) mass is 773 g/mol. The van der Waals surface area contributed by atoms with Crippen LogP contribution in [0.4, 0.5) is 0 Å². The fraction of sp³-hybridized carbons (Fsp3) is 0.561. The van der Waals surface area contributed by atoms with Gasteiger partial charge in [-0.1, -0.05) is 55.3 Å². The number of nitrogens with one attached hydrogen (secondary N) is 2. The normalized spacial score (nSPS) is 29.1. The van der Waals surface area contributed by atoms with Gasteiger partial charge < -0.3 is 19.9 Å². The van der Waals surface area contributed by atoms with Crippen LogP contribution in [0.5, 0.6) is 0 Å². The van der Waals surface area contributed by atoms with Gasteiger partial charge in [0, 0.05) is 61.3 Å². The molecule has 7 rings (SSSR count). The molecule has 4 heterocycles. The van der Waals surface area contributed by atoms with Gasteiger partial charge in [-0.15, -0.1) is 0 Å². The molecule has 1 aromatic carbocycles. The molecule has 294 valence electrons. The predicted octanol–water partition coefficient (Wildman–Crippen LogP) is 4.00. The second kappa shape index (κ2) is 15.2. The first-order valence-corrected chi connectivity index (χ1v) is 21.1. The summed E-state index contributed by atoms with van der Waals surface area (Å²) >= 11 is 0. The Morgan fingerprint density at radius 3 is 2.47 bits per heavy atom. The van der Waals surface area contributed by atoms with Crippen LogP contribution >= 0.6 is 0 Å². The maximum Gasteiger partial charge on any atom is 0.307 e. The lowest BCUT2D eigenvalue weighted by Gasteiger charge is -2.33. The smallest absolute Gasteiger partial charge is 0.307 e. The zero-order valence-electron chi connectivity index (χ0n) is 31.7. The Morgan fingerprint density at radius 2 is 1.75 bits per heavy atom. The Hall–Kier alpha value is -4.59. The molecule has 0 spiro atoms. The molecule has 4 amide bonds. The molecule has 2 saturated heterocycles. The van der Waals surface area contributed by atoms with Crippen LogP contribution < -0.4 is 10.0 Å². The van der Waals surface area contributed by atoms with E-state index >= 15 is 0 Å². The molecule has 14 heteroatoms. The minimum atomic E-state index is -3.90. The maximum atomic E-state index is 14.7. The molecule has 2 aliphatic carbocycles. The maximum absolute atomic E-state index is 14.7. The molecular weight excluding hydrogens is 723 g/mol. The first kappa shape index (κ1) is 38.7. The molecule has 6 atom stereocenters. The average molecular weight is 774 g/mol. The van der Waals surface area contributed by atoms with Crippen LogP contribution in [0.25, 0.3) is 11.1 Å². The van der Waals surface area contributed by atoms with E-state index in [1.165, 1.54) is 6.20 Å². The van der Waals surface area contributed by atoms with E-state index in [0.29, 0.717) is 44.2 Å². The summed E-state index contributed by atoms with van der Waals surface area (Å²) in [6, 6.07) is 10.3. The number of esters is 1. The van der Waals surface area contributed by atoms with Gasteiger partial charge in [-0.25, -0.2) is 8.42 Å². The second-order valence-corrected chi connectivity index (χ2v) is 18.9. The number of benzene rings is 1. The van der Waals surface area contributed by atoms with Crippen LogP contribution in [0.1, 0.15) is 88.9 Å². The zero-order chi connectivity index (χ0) is 39.1. The van der Waals surface area contributed by atoms with Gasteiger partial charge in [0.05, 0.1) is 17.2 Å². The Bertz CT molecular complexity index is 1980. The van der Waals surface area contributed by atoms with E-state index in [0.717, 1.165) is 24.0 Å². The lowest BCUT2D eigenvalue weighted by molar-refractivity contribution is -0.159. The number of ether oxygens (including phenoxy) is 1. The lowest BCUT2D eigenvalue weighted by Crippen LogP contribution is -2.58. The standard InChI is InChI=1S/C41H51N5O8S/c1-40(2,3)54-34(47)19-27-14-8-5-4-6-11-15-31-20-41(31,39(51)44-55(52,53)32-16-17-32)43-36(48)35-33-25-45(23-30(33)24-46(35)38(27)50)37(49)29-18-28(21-42-22-29)26-12-9-7-10-13-26/h7,9-13,15,18,21-22,27,30-33,35H,4-6,8,14,16-17,19-20,23-25H2,1-3H3,(H,43,48)(H,44,51)/b15-11-/t27-,30-,31+,33-,35-,41+/m0/s1. The molecule has 2 saturated carbocycles. The van der Waals surface area contributed by atoms with Crippen LogP contribution in [-0.2, 0) is 33.9 Å². The minimum absolute atomic E-state index is 0.140. The van der Waals surface area contributed by atoms with E-state index in [2.05, 4.69) is 15.0 Å². The minimum Gasteiger partial charge on any atom is -0.460 e. The summed E-state index contributed by atoms with van der Waals surface area (Å²) in [6.45, 7) is 5.96. The number of carbonyl (C=O) groups is 5. The predicted molar refractivity (Wildman–Crippen MR) is 203 cm³/mol. The van der Waals surface area contributed by atoms with Gasteiger partial charge in [0.2, 0.25) is 21.8 Å². The van der Waals surface area contributed by atoms with Gasteiger partial charge >= 0.3 is 5.97 Å². The molecule has 13 nitrogen and oxygen atoms in total. The highest BCUT2D eigenvalue weighted by Crippen LogP contribution is 2.47. The number of aromatic nitrogens is 1. The van der Waals surface area contributed by atoms with Gasteiger partial charge in [0.15, 0.2) is 0 Å². The number of rotatable bonds is 7. The van der Waals surface area contributed by atoms with Crippen molar-refractivity contribution < 1.29 is 37.1 Å². The highest BCUT2D eigenvalue weighted by molar-refractivity contribution is 7.91.